The number of nitrogens with zero attached hydrogens (tertiary/aromatic N) is 1. The van der Waals surface area contributed by atoms with Gasteiger partial charge < -0.3 is 24.3 Å². The van der Waals surface area contributed by atoms with Gasteiger partial charge in [0, 0.05) is 12.5 Å². The molecule has 1 N–H and O–H groups in total. The lowest BCUT2D eigenvalue weighted by atomic mass is 10.2. The molecule has 1 aromatic rings. The van der Waals surface area contributed by atoms with Crippen molar-refractivity contribution in [2.24, 2.45) is 0 Å². The standard InChI is InChI=1S/C18H24N2O7/c1-4-26-17(22)8-7-16(21)19-10-13-11-20(18(23)27-13)12-5-6-14(24-2)15(9-12)25-3/h5-6,9,13H,4,7-8,10-11H2,1-3H3,(H,19,21)/t13-/m0/s1. The Bertz CT molecular complexity index is 692. The number of methoxy groups -OCH3 is 2. The first-order valence-electron chi connectivity index (χ1n) is 8.61. The van der Waals surface area contributed by atoms with Crippen LogP contribution in [0.15, 0.2) is 18.2 Å². The summed E-state index contributed by atoms with van der Waals surface area (Å²) in [5, 5.41) is 2.66. The van der Waals surface area contributed by atoms with Crippen molar-refractivity contribution in [2.45, 2.75) is 25.9 Å². The first-order chi connectivity index (χ1) is 13.0. The molecule has 1 aliphatic rings. The van der Waals surface area contributed by atoms with Crippen LogP contribution in [0.3, 0.4) is 0 Å². The van der Waals surface area contributed by atoms with Crippen molar-refractivity contribution in [3.05, 3.63) is 18.2 Å². The van der Waals surface area contributed by atoms with Crippen LogP contribution in [-0.4, -0.2) is 58.0 Å². The summed E-state index contributed by atoms with van der Waals surface area (Å²) in [5.74, 6) is 0.334. The summed E-state index contributed by atoms with van der Waals surface area (Å²) in [6.45, 7) is 2.44. The van der Waals surface area contributed by atoms with Gasteiger partial charge in [-0.2, -0.15) is 0 Å². The molecule has 1 aliphatic heterocycles. The lowest BCUT2D eigenvalue weighted by Gasteiger charge is -2.15. The third-order valence-corrected chi connectivity index (χ3v) is 3.94. The Morgan fingerprint density at radius 3 is 2.63 bits per heavy atom. The van der Waals surface area contributed by atoms with Gasteiger partial charge in [-0.15, -0.1) is 0 Å². The van der Waals surface area contributed by atoms with E-state index in [4.69, 9.17) is 18.9 Å². The topological polar surface area (TPSA) is 103 Å². The molecule has 0 unspecified atom stereocenters. The van der Waals surface area contributed by atoms with Crippen LogP contribution in [0.4, 0.5) is 10.5 Å². The molecular formula is C18H24N2O7. The fourth-order valence-electron chi connectivity index (χ4n) is 2.60. The highest BCUT2D eigenvalue weighted by Gasteiger charge is 2.33. The van der Waals surface area contributed by atoms with E-state index in [1.165, 1.54) is 19.1 Å². The number of nitrogens with one attached hydrogen (secondary N) is 1. The number of esters is 1. The maximum absolute atomic E-state index is 12.1. The summed E-state index contributed by atoms with van der Waals surface area (Å²) >= 11 is 0. The van der Waals surface area contributed by atoms with Crippen LogP contribution in [0.1, 0.15) is 19.8 Å². The summed E-state index contributed by atoms with van der Waals surface area (Å²) in [4.78, 5) is 36.6. The lowest BCUT2D eigenvalue weighted by Crippen LogP contribution is -2.34. The minimum atomic E-state index is -0.506. The number of rotatable bonds is 9. The second-order valence-corrected chi connectivity index (χ2v) is 5.76. The summed E-state index contributed by atoms with van der Waals surface area (Å²) < 4.78 is 20.5. The number of ether oxygens (including phenoxy) is 4. The number of hydrogen-bond donors (Lipinski definition) is 1. The van der Waals surface area contributed by atoms with Gasteiger partial charge in [0.1, 0.15) is 6.10 Å². The van der Waals surface area contributed by atoms with Crippen LogP contribution in [0.5, 0.6) is 11.5 Å². The summed E-state index contributed by atoms with van der Waals surface area (Å²) in [5.41, 5.74) is 0.605. The summed E-state index contributed by atoms with van der Waals surface area (Å²) in [6.07, 6.45) is -0.953. The highest BCUT2D eigenvalue weighted by Crippen LogP contribution is 2.33. The molecule has 0 radical (unpaired) electrons. The van der Waals surface area contributed by atoms with Gasteiger partial charge in [0.2, 0.25) is 5.91 Å². The van der Waals surface area contributed by atoms with Crippen LogP contribution in [0, 0.1) is 0 Å². The van der Waals surface area contributed by atoms with E-state index in [-0.39, 0.29) is 38.4 Å². The zero-order valence-corrected chi connectivity index (χ0v) is 15.6. The van der Waals surface area contributed by atoms with E-state index in [9.17, 15) is 14.4 Å². The highest BCUT2D eigenvalue weighted by molar-refractivity contribution is 5.90. The van der Waals surface area contributed by atoms with Crippen molar-refractivity contribution in [3.8, 4) is 11.5 Å². The van der Waals surface area contributed by atoms with E-state index >= 15 is 0 Å². The molecule has 9 nitrogen and oxygen atoms in total. The number of benzene rings is 1. The monoisotopic (exact) mass is 380 g/mol. The second-order valence-electron chi connectivity index (χ2n) is 5.76. The van der Waals surface area contributed by atoms with Crippen molar-refractivity contribution in [1.82, 2.24) is 5.32 Å². The second kappa shape index (κ2) is 9.65. The Labute approximate surface area is 157 Å². The van der Waals surface area contributed by atoms with E-state index in [0.29, 0.717) is 17.2 Å². The van der Waals surface area contributed by atoms with Crippen LogP contribution >= 0.6 is 0 Å². The molecule has 1 saturated heterocycles. The minimum absolute atomic E-state index is 0.0158. The fraction of sp³-hybridized carbons (Fsp3) is 0.500. The molecule has 9 heteroatoms. The van der Waals surface area contributed by atoms with Crippen LogP contribution in [0.25, 0.3) is 0 Å². The molecule has 0 bridgehead atoms. The van der Waals surface area contributed by atoms with Gasteiger partial charge >= 0.3 is 12.1 Å². The predicted octanol–water partition coefficient (Wildman–Crippen LogP) is 1.49. The SMILES string of the molecule is CCOC(=O)CCC(=O)NC[C@H]1CN(c2ccc(OC)c(OC)c2)C(=O)O1. The molecule has 0 spiro atoms. The predicted molar refractivity (Wildman–Crippen MR) is 96.0 cm³/mol. The minimum Gasteiger partial charge on any atom is -0.493 e. The third-order valence-electron chi connectivity index (χ3n) is 3.94. The first kappa shape index (κ1) is 20.3. The van der Waals surface area contributed by atoms with Gasteiger partial charge in [0.05, 0.1) is 46.0 Å². The molecule has 0 aliphatic carbocycles. The number of amides is 2. The van der Waals surface area contributed by atoms with E-state index in [1.54, 1.807) is 25.1 Å². The van der Waals surface area contributed by atoms with Crippen molar-refractivity contribution in [3.63, 3.8) is 0 Å². The Morgan fingerprint density at radius 2 is 1.96 bits per heavy atom. The number of cyclic esters (lactones) is 1. The smallest absolute Gasteiger partial charge is 0.414 e. The molecule has 1 atom stereocenters. The molecule has 148 valence electrons. The third kappa shape index (κ3) is 5.50. The van der Waals surface area contributed by atoms with Gasteiger partial charge in [-0.3, -0.25) is 14.5 Å². The molecule has 2 rings (SSSR count). The fourth-order valence-corrected chi connectivity index (χ4v) is 2.60. The maximum Gasteiger partial charge on any atom is 0.414 e. The Kier molecular flexibility index (Phi) is 7.27. The number of anilines is 1. The quantitative estimate of drug-likeness (QED) is 0.647. The molecule has 2 amide bonds. The number of carbonyl (C=O) groups is 3. The summed E-state index contributed by atoms with van der Waals surface area (Å²) in [7, 11) is 3.04. The summed E-state index contributed by atoms with van der Waals surface area (Å²) in [6, 6.07) is 5.11. The average molecular weight is 380 g/mol. The first-order valence-corrected chi connectivity index (χ1v) is 8.61. The van der Waals surface area contributed by atoms with Crippen LogP contribution in [0.2, 0.25) is 0 Å². The van der Waals surface area contributed by atoms with E-state index < -0.39 is 18.2 Å². The van der Waals surface area contributed by atoms with E-state index in [2.05, 4.69) is 5.32 Å². The Balaban J connectivity index is 1.86. The van der Waals surface area contributed by atoms with E-state index in [1.807, 2.05) is 0 Å². The van der Waals surface area contributed by atoms with Crippen molar-refractivity contribution < 1.29 is 33.3 Å². The van der Waals surface area contributed by atoms with Gasteiger partial charge in [-0.05, 0) is 19.1 Å². The molecule has 1 heterocycles. The van der Waals surface area contributed by atoms with Gasteiger partial charge in [0.25, 0.3) is 0 Å². The molecule has 1 fully saturated rings. The largest absolute Gasteiger partial charge is 0.493 e. The zero-order valence-electron chi connectivity index (χ0n) is 15.6. The molecular weight excluding hydrogens is 356 g/mol. The van der Waals surface area contributed by atoms with Crippen molar-refractivity contribution in [1.29, 1.82) is 0 Å². The van der Waals surface area contributed by atoms with E-state index in [0.717, 1.165) is 0 Å². The molecule has 27 heavy (non-hydrogen) atoms. The van der Waals surface area contributed by atoms with Crippen LogP contribution < -0.4 is 19.7 Å². The molecule has 0 saturated carbocycles. The normalized spacial score (nSPS) is 15.9. The Morgan fingerprint density at radius 1 is 1.22 bits per heavy atom. The number of hydrogen-bond acceptors (Lipinski definition) is 7. The Hall–Kier alpha value is -2.97. The molecule has 1 aromatic carbocycles. The number of carbonyl (C=O) groups excluding carboxylic acids is 3. The lowest BCUT2D eigenvalue weighted by molar-refractivity contribution is -0.144. The van der Waals surface area contributed by atoms with Crippen molar-refractivity contribution >= 4 is 23.7 Å². The maximum atomic E-state index is 12.1. The van der Waals surface area contributed by atoms with Gasteiger partial charge in [0.15, 0.2) is 11.5 Å². The van der Waals surface area contributed by atoms with Gasteiger partial charge in [-0.25, -0.2) is 4.79 Å². The van der Waals surface area contributed by atoms with Crippen molar-refractivity contribution in [2.75, 3.05) is 38.8 Å². The van der Waals surface area contributed by atoms with Gasteiger partial charge in [-0.1, -0.05) is 0 Å². The highest BCUT2D eigenvalue weighted by atomic mass is 16.6. The average Bonchev–Trinajstić information content (AvgIpc) is 3.05. The molecule has 0 aromatic heterocycles. The zero-order chi connectivity index (χ0) is 19.8. The van der Waals surface area contributed by atoms with Crippen LogP contribution in [-0.2, 0) is 19.1 Å².